The fraction of sp³-hybridized carbons (Fsp3) is 0.250. The van der Waals surface area contributed by atoms with E-state index in [0.29, 0.717) is 18.8 Å². The lowest BCUT2D eigenvalue weighted by Crippen LogP contribution is -2.36. The summed E-state index contributed by atoms with van der Waals surface area (Å²) in [4.78, 5) is 14.2. The third-order valence-corrected chi connectivity index (χ3v) is 5.71. The summed E-state index contributed by atoms with van der Waals surface area (Å²) in [6, 6.07) is 17.0. The van der Waals surface area contributed by atoms with Gasteiger partial charge < -0.3 is 20.1 Å². The van der Waals surface area contributed by atoms with Crippen LogP contribution in [-0.4, -0.2) is 47.3 Å². The van der Waals surface area contributed by atoms with E-state index in [1.54, 1.807) is 12.1 Å². The normalized spacial score (nSPS) is 18.0. The molecule has 0 atom stereocenters. The van der Waals surface area contributed by atoms with Crippen LogP contribution in [0.2, 0.25) is 0 Å². The number of hydrogen-bond acceptors (Lipinski definition) is 4. The van der Waals surface area contributed by atoms with Crippen LogP contribution >= 0.6 is 12.2 Å². The Morgan fingerprint density at radius 1 is 1.03 bits per heavy atom. The van der Waals surface area contributed by atoms with Gasteiger partial charge in [-0.1, -0.05) is 42.5 Å². The number of anilines is 1. The van der Waals surface area contributed by atoms with Crippen molar-refractivity contribution in [2.75, 3.05) is 31.6 Å². The molecule has 4 rings (SSSR count). The fourth-order valence-corrected chi connectivity index (χ4v) is 4.20. The molecule has 1 heterocycles. The topological polar surface area (TPSA) is 61.8 Å². The van der Waals surface area contributed by atoms with Gasteiger partial charge >= 0.3 is 5.97 Å². The number of ether oxygens (including phenoxy) is 1. The quantitative estimate of drug-likeness (QED) is 0.690. The van der Waals surface area contributed by atoms with E-state index >= 15 is 0 Å². The van der Waals surface area contributed by atoms with Gasteiger partial charge in [-0.25, -0.2) is 4.79 Å². The van der Waals surface area contributed by atoms with Crippen LogP contribution in [0.25, 0.3) is 6.08 Å². The molecular formula is C24H24N2O3S. The summed E-state index contributed by atoms with van der Waals surface area (Å²) in [5.74, 6) is -0.913. The van der Waals surface area contributed by atoms with Crippen molar-refractivity contribution in [2.24, 2.45) is 0 Å². The number of carboxylic acid groups (broad SMARTS) is 1. The molecule has 0 bridgehead atoms. The second-order valence-corrected chi connectivity index (χ2v) is 7.75. The standard InChI is InChI=1S/C24H24N2O3S/c27-24(28)18-8-6-17(7-9-18)16-19-10-11-21(22(19)26-12-14-29-15-13-26)23(30)25-20-4-2-1-3-5-20/h1-9,16H,10-15H2,(H,25,30)(H,27,28). The second kappa shape index (κ2) is 9.24. The lowest BCUT2D eigenvalue weighted by molar-refractivity contribution is 0.0548. The van der Waals surface area contributed by atoms with Gasteiger partial charge in [0, 0.05) is 30.0 Å². The Balaban J connectivity index is 1.65. The summed E-state index contributed by atoms with van der Waals surface area (Å²) >= 11 is 5.79. The summed E-state index contributed by atoms with van der Waals surface area (Å²) in [6.07, 6.45) is 3.93. The molecule has 0 unspecified atom stereocenters. The number of carbonyl (C=O) groups is 1. The molecule has 1 aliphatic carbocycles. The summed E-state index contributed by atoms with van der Waals surface area (Å²) < 4.78 is 5.55. The van der Waals surface area contributed by atoms with Crippen LogP contribution in [0.4, 0.5) is 5.69 Å². The van der Waals surface area contributed by atoms with E-state index in [1.165, 1.54) is 11.3 Å². The zero-order valence-corrected chi connectivity index (χ0v) is 17.5. The number of aromatic carboxylic acids is 1. The number of morpholine rings is 1. The van der Waals surface area contributed by atoms with Gasteiger partial charge in [0.05, 0.1) is 18.8 Å². The Morgan fingerprint density at radius 3 is 2.40 bits per heavy atom. The first-order valence-corrected chi connectivity index (χ1v) is 10.5. The van der Waals surface area contributed by atoms with E-state index in [4.69, 9.17) is 22.1 Å². The molecule has 2 aromatic carbocycles. The van der Waals surface area contributed by atoms with Gasteiger partial charge in [0.25, 0.3) is 0 Å². The monoisotopic (exact) mass is 420 g/mol. The van der Waals surface area contributed by atoms with Crippen LogP contribution in [-0.2, 0) is 4.74 Å². The maximum Gasteiger partial charge on any atom is 0.335 e. The zero-order valence-electron chi connectivity index (χ0n) is 16.6. The average Bonchev–Trinajstić information content (AvgIpc) is 3.19. The molecule has 2 aliphatic rings. The predicted octanol–water partition coefficient (Wildman–Crippen LogP) is 4.59. The molecule has 0 amide bonds. The highest BCUT2D eigenvalue weighted by molar-refractivity contribution is 7.81. The molecule has 6 heteroatoms. The maximum absolute atomic E-state index is 11.1. The van der Waals surface area contributed by atoms with E-state index < -0.39 is 5.97 Å². The van der Waals surface area contributed by atoms with Crippen LogP contribution in [0.3, 0.4) is 0 Å². The van der Waals surface area contributed by atoms with Gasteiger partial charge in [-0.15, -0.1) is 0 Å². The van der Waals surface area contributed by atoms with Gasteiger partial charge in [0.2, 0.25) is 0 Å². The highest BCUT2D eigenvalue weighted by Crippen LogP contribution is 2.36. The third-order valence-electron chi connectivity index (χ3n) is 5.37. The number of thiocarbonyl (C=S) groups is 1. The van der Waals surface area contributed by atoms with Crippen molar-refractivity contribution >= 4 is 34.9 Å². The lowest BCUT2D eigenvalue weighted by atomic mass is 10.1. The number of carboxylic acids is 1. The van der Waals surface area contributed by atoms with Crippen molar-refractivity contribution in [3.05, 3.63) is 82.6 Å². The number of nitrogens with zero attached hydrogens (tertiary/aromatic N) is 1. The first-order chi connectivity index (χ1) is 14.6. The number of allylic oxidation sites excluding steroid dienone is 1. The van der Waals surface area contributed by atoms with Crippen LogP contribution in [0, 0.1) is 0 Å². The largest absolute Gasteiger partial charge is 0.478 e. The highest BCUT2D eigenvalue weighted by atomic mass is 32.1. The molecule has 0 saturated carbocycles. The Hall–Kier alpha value is -2.96. The number of hydrogen-bond donors (Lipinski definition) is 2. The van der Waals surface area contributed by atoms with Crippen LogP contribution < -0.4 is 5.32 Å². The van der Waals surface area contributed by atoms with Crippen molar-refractivity contribution in [1.82, 2.24) is 4.90 Å². The first kappa shape index (κ1) is 20.3. The van der Waals surface area contributed by atoms with Gasteiger partial charge in [-0.2, -0.15) is 0 Å². The van der Waals surface area contributed by atoms with Crippen molar-refractivity contribution in [3.63, 3.8) is 0 Å². The number of rotatable bonds is 5. The molecule has 0 radical (unpaired) electrons. The predicted molar refractivity (Wildman–Crippen MR) is 123 cm³/mol. The van der Waals surface area contributed by atoms with Crippen LogP contribution in [0.15, 0.2) is 71.4 Å². The smallest absolute Gasteiger partial charge is 0.335 e. The Morgan fingerprint density at radius 2 is 1.73 bits per heavy atom. The summed E-state index contributed by atoms with van der Waals surface area (Å²) in [5.41, 5.74) is 5.84. The molecular weight excluding hydrogens is 396 g/mol. The third kappa shape index (κ3) is 4.61. The zero-order chi connectivity index (χ0) is 20.9. The average molecular weight is 421 g/mol. The fourth-order valence-electron chi connectivity index (χ4n) is 3.88. The number of benzene rings is 2. The summed E-state index contributed by atoms with van der Waals surface area (Å²) in [7, 11) is 0. The van der Waals surface area contributed by atoms with Gasteiger partial charge in [-0.3, -0.25) is 0 Å². The van der Waals surface area contributed by atoms with E-state index in [1.807, 2.05) is 42.5 Å². The summed E-state index contributed by atoms with van der Waals surface area (Å²) in [5, 5.41) is 12.5. The minimum Gasteiger partial charge on any atom is -0.478 e. The van der Waals surface area contributed by atoms with E-state index in [9.17, 15) is 4.79 Å². The summed E-state index contributed by atoms with van der Waals surface area (Å²) in [6.45, 7) is 3.08. The molecule has 5 nitrogen and oxygen atoms in total. The number of nitrogens with one attached hydrogen (secondary N) is 1. The van der Waals surface area contributed by atoms with E-state index in [0.717, 1.165) is 47.7 Å². The second-order valence-electron chi connectivity index (χ2n) is 7.34. The van der Waals surface area contributed by atoms with Crippen molar-refractivity contribution < 1.29 is 14.6 Å². The van der Waals surface area contributed by atoms with Crippen molar-refractivity contribution in [1.29, 1.82) is 0 Å². The number of para-hydroxylation sites is 1. The van der Waals surface area contributed by atoms with E-state index in [-0.39, 0.29) is 0 Å². The Labute approximate surface area is 181 Å². The van der Waals surface area contributed by atoms with Gasteiger partial charge in [0.15, 0.2) is 0 Å². The SMILES string of the molecule is O=C(O)c1ccc(C=C2CCC(C(=S)Nc3ccccc3)=C2N2CCOCC2)cc1. The molecule has 0 spiro atoms. The van der Waals surface area contributed by atoms with Gasteiger partial charge in [-0.05, 0) is 54.3 Å². The van der Waals surface area contributed by atoms with Gasteiger partial charge in [0.1, 0.15) is 4.99 Å². The Kier molecular flexibility index (Phi) is 6.26. The molecule has 1 aliphatic heterocycles. The minimum absolute atomic E-state index is 0.293. The minimum atomic E-state index is -0.913. The molecule has 154 valence electrons. The molecule has 1 fully saturated rings. The Bertz CT molecular complexity index is 991. The molecule has 2 aromatic rings. The van der Waals surface area contributed by atoms with Crippen LogP contribution in [0.1, 0.15) is 28.8 Å². The molecule has 30 heavy (non-hydrogen) atoms. The maximum atomic E-state index is 11.1. The van der Waals surface area contributed by atoms with E-state index in [2.05, 4.69) is 16.3 Å². The molecule has 2 N–H and O–H groups in total. The van der Waals surface area contributed by atoms with Crippen molar-refractivity contribution in [3.8, 4) is 0 Å². The lowest BCUT2D eigenvalue weighted by Gasteiger charge is -2.32. The first-order valence-electron chi connectivity index (χ1n) is 10.1. The van der Waals surface area contributed by atoms with Crippen molar-refractivity contribution in [2.45, 2.75) is 12.8 Å². The highest BCUT2D eigenvalue weighted by Gasteiger charge is 2.28. The molecule has 0 aromatic heterocycles. The van der Waals surface area contributed by atoms with Crippen LogP contribution in [0.5, 0.6) is 0 Å². The molecule has 1 saturated heterocycles.